The zero-order chi connectivity index (χ0) is 19.8. The largest absolute Gasteiger partial charge is 0.352 e. The van der Waals surface area contributed by atoms with Crippen LogP contribution < -0.4 is 10.9 Å². The summed E-state index contributed by atoms with van der Waals surface area (Å²) in [5, 5.41) is 2.84. The van der Waals surface area contributed by atoms with Gasteiger partial charge < -0.3 is 9.88 Å². The van der Waals surface area contributed by atoms with Crippen molar-refractivity contribution in [3.63, 3.8) is 0 Å². The number of hydrogen-bond donors (Lipinski definition) is 1. The predicted octanol–water partition coefficient (Wildman–Crippen LogP) is 3.18. The number of nitrogens with zero attached hydrogens (tertiary/aromatic N) is 1. The van der Waals surface area contributed by atoms with Crippen molar-refractivity contribution in [3.05, 3.63) is 106 Å². The number of carbonyl (C=O) groups is 2. The van der Waals surface area contributed by atoms with Gasteiger partial charge in [0.1, 0.15) is 0 Å². The molecule has 0 saturated heterocycles. The molecule has 1 heterocycles. The normalized spacial score (nSPS) is 10.4. The van der Waals surface area contributed by atoms with Gasteiger partial charge in [-0.05, 0) is 17.2 Å². The molecule has 0 aliphatic rings. The first-order valence-electron chi connectivity index (χ1n) is 9.20. The molecule has 0 radical (unpaired) electrons. The Bertz CT molecular complexity index is 992. The van der Waals surface area contributed by atoms with Gasteiger partial charge in [-0.25, -0.2) is 0 Å². The van der Waals surface area contributed by atoms with Crippen molar-refractivity contribution in [2.24, 2.45) is 0 Å². The van der Waals surface area contributed by atoms with Gasteiger partial charge in [0.2, 0.25) is 5.91 Å². The molecule has 0 fully saturated rings. The van der Waals surface area contributed by atoms with Crippen molar-refractivity contribution in [2.75, 3.05) is 0 Å². The van der Waals surface area contributed by atoms with Crippen LogP contribution in [0.15, 0.2) is 83.8 Å². The van der Waals surface area contributed by atoms with Crippen LogP contribution in [-0.2, 0) is 17.9 Å². The SMILES string of the molecule is O=C(CCC(=O)c1ccccc1)NCc1ccc(Cn2ccccc2=O)cc1. The highest BCUT2D eigenvalue weighted by Crippen LogP contribution is 2.07. The van der Waals surface area contributed by atoms with Crippen LogP contribution in [0, 0.1) is 0 Å². The van der Waals surface area contributed by atoms with E-state index in [0.717, 1.165) is 11.1 Å². The summed E-state index contributed by atoms with van der Waals surface area (Å²) in [4.78, 5) is 35.8. The van der Waals surface area contributed by atoms with Crippen LogP contribution in [-0.4, -0.2) is 16.3 Å². The maximum Gasteiger partial charge on any atom is 0.250 e. The molecule has 1 aromatic heterocycles. The number of hydrogen-bond acceptors (Lipinski definition) is 3. The number of rotatable bonds is 8. The number of Topliss-reactive ketones (excluding diaryl/α,β-unsaturated/α-hetero) is 1. The summed E-state index contributed by atoms with van der Waals surface area (Å²) in [7, 11) is 0. The van der Waals surface area contributed by atoms with E-state index in [9.17, 15) is 14.4 Å². The Kier molecular flexibility index (Phi) is 6.52. The van der Waals surface area contributed by atoms with E-state index in [2.05, 4.69) is 5.32 Å². The van der Waals surface area contributed by atoms with Gasteiger partial charge >= 0.3 is 0 Å². The molecule has 142 valence electrons. The fourth-order valence-electron chi connectivity index (χ4n) is 2.83. The van der Waals surface area contributed by atoms with E-state index in [0.29, 0.717) is 18.7 Å². The predicted molar refractivity (Wildman–Crippen MR) is 108 cm³/mol. The summed E-state index contributed by atoms with van der Waals surface area (Å²) in [5.41, 5.74) is 2.57. The van der Waals surface area contributed by atoms with Crippen LogP contribution in [0.2, 0.25) is 0 Å². The van der Waals surface area contributed by atoms with Gasteiger partial charge in [-0.15, -0.1) is 0 Å². The second kappa shape index (κ2) is 9.46. The van der Waals surface area contributed by atoms with Crippen LogP contribution in [0.25, 0.3) is 0 Å². The molecule has 3 aromatic rings. The molecule has 3 rings (SSSR count). The van der Waals surface area contributed by atoms with E-state index in [-0.39, 0.29) is 30.1 Å². The molecular weight excluding hydrogens is 352 g/mol. The van der Waals surface area contributed by atoms with Crippen LogP contribution >= 0.6 is 0 Å². The quantitative estimate of drug-likeness (QED) is 0.616. The standard InChI is InChI=1S/C23H22N2O3/c26-21(20-6-2-1-3-7-20)13-14-22(27)24-16-18-9-11-19(12-10-18)17-25-15-5-4-8-23(25)28/h1-12,15H,13-14,16-17H2,(H,24,27). The first-order chi connectivity index (χ1) is 13.6. The van der Waals surface area contributed by atoms with Crippen molar-refractivity contribution < 1.29 is 9.59 Å². The Morgan fingerprint density at radius 1 is 0.786 bits per heavy atom. The van der Waals surface area contributed by atoms with Gasteiger partial charge in [0.05, 0.1) is 6.54 Å². The summed E-state index contributed by atoms with van der Waals surface area (Å²) < 4.78 is 1.64. The van der Waals surface area contributed by atoms with E-state index in [1.807, 2.05) is 48.5 Å². The van der Waals surface area contributed by atoms with Gasteiger partial charge in [-0.3, -0.25) is 14.4 Å². The highest BCUT2D eigenvalue weighted by atomic mass is 16.2. The molecular formula is C23H22N2O3. The number of carbonyl (C=O) groups excluding carboxylic acids is 2. The minimum atomic E-state index is -0.149. The third kappa shape index (κ3) is 5.51. The molecule has 0 bridgehead atoms. The third-order valence-electron chi connectivity index (χ3n) is 4.44. The van der Waals surface area contributed by atoms with Crippen LogP contribution in [0.4, 0.5) is 0 Å². The zero-order valence-electron chi connectivity index (χ0n) is 15.5. The van der Waals surface area contributed by atoms with Crippen LogP contribution in [0.3, 0.4) is 0 Å². The number of aromatic nitrogens is 1. The van der Waals surface area contributed by atoms with Crippen molar-refractivity contribution in [1.82, 2.24) is 9.88 Å². The molecule has 5 nitrogen and oxygen atoms in total. The third-order valence-corrected chi connectivity index (χ3v) is 4.44. The lowest BCUT2D eigenvalue weighted by Crippen LogP contribution is -2.23. The molecule has 0 spiro atoms. The molecule has 0 unspecified atom stereocenters. The van der Waals surface area contributed by atoms with Gasteiger partial charge in [0, 0.05) is 37.2 Å². The lowest BCUT2D eigenvalue weighted by atomic mass is 10.1. The monoisotopic (exact) mass is 374 g/mol. The summed E-state index contributed by atoms with van der Waals surface area (Å²) in [6, 6.07) is 21.8. The smallest absolute Gasteiger partial charge is 0.250 e. The zero-order valence-corrected chi connectivity index (χ0v) is 15.5. The maximum atomic E-state index is 12.0. The Balaban J connectivity index is 1.45. The lowest BCUT2D eigenvalue weighted by Gasteiger charge is -2.08. The molecule has 28 heavy (non-hydrogen) atoms. The molecule has 5 heteroatoms. The number of amides is 1. The minimum absolute atomic E-state index is 0.0312. The molecule has 1 N–H and O–H groups in total. The van der Waals surface area contributed by atoms with Gasteiger partial charge in [0.15, 0.2) is 5.78 Å². The van der Waals surface area contributed by atoms with Crippen molar-refractivity contribution >= 4 is 11.7 Å². The number of ketones is 1. The van der Waals surface area contributed by atoms with E-state index in [4.69, 9.17) is 0 Å². The van der Waals surface area contributed by atoms with Crippen LogP contribution in [0.5, 0.6) is 0 Å². The first-order valence-corrected chi connectivity index (χ1v) is 9.20. The minimum Gasteiger partial charge on any atom is -0.352 e. The Labute approximate surface area is 163 Å². The van der Waals surface area contributed by atoms with Gasteiger partial charge in [-0.2, -0.15) is 0 Å². The summed E-state index contributed by atoms with van der Waals surface area (Å²) >= 11 is 0. The average Bonchev–Trinajstić information content (AvgIpc) is 2.74. The molecule has 2 aromatic carbocycles. The van der Waals surface area contributed by atoms with Crippen molar-refractivity contribution in [3.8, 4) is 0 Å². The van der Waals surface area contributed by atoms with Crippen molar-refractivity contribution in [2.45, 2.75) is 25.9 Å². The average molecular weight is 374 g/mol. The summed E-state index contributed by atoms with van der Waals surface area (Å²) in [6.45, 7) is 0.915. The fraction of sp³-hybridized carbons (Fsp3) is 0.174. The molecule has 0 saturated carbocycles. The van der Waals surface area contributed by atoms with E-state index in [1.54, 1.807) is 29.0 Å². The maximum absolute atomic E-state index is 12.0. The van der Waals surface area contributed by atoms with Crippen molar-refractivity contribution in [1.29, 1.82) is 0 Å². The second-order valence-electron chi connectivity index (χ2n) is 6.55. The van der Waals surface area contributed by atoms with Gasteiger partial charge in [-0.1, -0.05) is 60.7 Å². The number of nitrogens with one attached hydrogen (secondary N) is 1. The van der Waals surface area contributed by atoms with Crippen LogP contribution in [0.1, 0.15) is 34.3 Å². The Hall–Kier alpha value is -3.47. The second-order valence-corrected chi connectivity index (χ2v) is 6.55. The molecule has 0 aliphatic heterocycles. The Morgan fingerprint density at radius 2 is 1.46 bits per heavy atom. The highest BCUT2D eigenvalue weighted by Gasteiger charge is 2.09. The first kappa shape index (κ1) is 19.3. The molecule has 0 atom stereocenters. The topological polar surface area (TPSA) is 68.2 Å². The molecule has 1 amide bonds. The summed E-state index contributed by atoms with van der Waals surface area (Å²) in [5.74, 6) is -0.180. The van der Waals surface area contributed by atoms with E-state index >= 15 is 0 Å². The highest BCUT2D eigenvalue weighted by molar-refractivity contribution is 5.97. The Morgan fingerprint density at radius 3 is 2.18 bits per heavy atom. The number of pyridine rings is 1. The summed E-state index contributed by atoms with van der Waals surface area (Å²) in [6.07, 6.45) is 2.12. The number of benzene rings is 2. The van der Waals surface area contributed by atoms with E-state index < -0.39 is 0 Å². The lowest BCUT2D eigenvalue weighted by molar-refractivity contribution is -0.121. The fourth-order valence-corrected chi connectivity index (χ4v) is 2.83. The molecule has 0 aliphatic carbocycles. The van der Waals surface area contributed by atoms with E-state index in [1.165, 1.54) is 6.07 Å². The van der Waals surface area contributed by atoms with Gasteiger partial charge in [0.25, 0.3) is 5.56 Å².